The molecule has 3 rings (SSSR count). The van der Waals surface area contributed by atoms with Gasteiger partial charge in [-0.3, -0.25) is 19.9 Å². The molecule has 0 fully saturated rings. The van der Waals surface area contributed by atoms with Gasteiger partial charge in [0.05, 0.1) is 0 Å². The molecule has 0 unspecified atom stereocenters. The Morgan fingerprint density at radius 2 is 1.68 bits per heavy atom. The van der Waals surface area contributed by atoms with Crippen LogP contribution in [0.25, 0.3) is 0 Å². The van der Waals surface area contributed by atoms with Crippen LogP contribution in [0.2, 0.25) is 0 Å². The van der Waals surface area contributed by atoms with Crippen LogP contribution in [0, 0.1) is 0 Å². The molecule has 7 nitrogen and oxygen atoms in total. The van der Waals surface area contributed by atoms with Gasteiger partial charge in [-0.15, -0.1) is 6.58 Å². The van der Waals surface area contributed by atoms with Crippen molar-refractivity contribution in [1.29, 1.82) is 0 Å². The fourth-order valence-electron chi connectivity index (χ4n) is 2.52. The molecule has 3 N–H and O–H groups in total. The highest BCUT2D eigenvalue weighted by Gasteiger charge is 2.10. The van der Waals surface area contributed by atoms with Gasteiger partial charge in [0.25, 0.3) is 11.8 Å². The van der Waals surface area contributed by atoms with Crippen LogP contribution in [0.3, 0.4) is 0 Å². The average molecular weight is 433 g/mol. The zero-order valence-corrected chi connectivity index (χ0v) is 17.3. The summed E-state index contributed by atoms with van der Waals surface area (Å²) in [5.41, 5.74) is 1.27. The van der Waals surface area contributed by atoms with Crippen LogP contribution < -0.4 is 16.0 Å². The Bertz CT molecular complexity index is 1090. The fourth-order valence-corrected chi connectivity index (χ4v) is 3.37. The minimum atomic E-state index is -0.612. The summed E-state index contributed by atoms with van der Waals surface area (Å²) in [6.07, 6.45) is 3.18. The highest BCUT2D eigenvalue weighted by atomic mass is 32.2. The van der Waals surface area contributed by atoms with E-state index in [0.29, 0.717) is 23.5 Å². The number of hydrogen-bond donors (Lipinski definition) is 3. The minimum absolute atomic E-state index is 0.266. The topological polar surface area (TPSA) is 100 Å². The summed E-state index contributed by atoms with van der Waals surface area (Å²) in [4.78, 5) is 41.9. The first-order chi connectivity index (χ1) is 15.0. The van der Waals surface area contributed by atoms with Crippen molar-refractivity contribution in [1.82, 2.24) is 15.6 Å². The van der Waals surface area contributed by atoms with Crippen molar-refractivity contribution in [3.8, 4) is 0 Å². The van der Waals surface area contributed by atoms with Crippen molar-refractivity contribution in [2.75, 3.05) is 11.9 Å². The smallest absolute Gasteiger partial charge is 0.326 e. The second-order valence-electron chi connectivity index (χ2n) is 6.28. The van der Waals surface area contributed by atoms with Crippen molar-refractivity contribution in [3.05, 3.63) is 96.8 Å². The standard InChI is InChI=1S/C23H20N4O3S/c1-2-13-25-22(29)20-15-19(12-14-24-20)31-18-10-8-17(9-11-18)26-23(30)27-21(28)16-6-4-3-5-7-16/h2-12,14-15H,1,13H2,(H,25,29)(H2,26,27,28,30). The van der Waals surface area contributed by atoms with Gasteiger partial charge in [0.1, 0.15) is 5.69 Å². The summed E-state index contributed by atoms with van der Waals surface area (Å²) < 4.78 is 0. The quantitative estimate of drug-likeness (QED) is 0.488. The van der Waals surface area contributed by atoms with Crippen molar-refractivity contribution < 1.29 is 14.4 Å². The van der Waals surface area contributed by atoms with E-state index in [2.05, 4.69) is 27.5 Å². The molecule has 2 aromatic carbocycles. The summed E-state index contributed by atoms with van der Waals surface area (Å²) in [7, 11) is 0. The predicted molar refractivity (Wildman–Crippen MR) is 120 cm³/mol. The van der Waals surface area contributed by atoms with Gasteiger partial charge < -0.3 is 10.6 Å². The van der Waals surface area contributed by atoms with Crippen molar-refractivity contribution in [2.24, 2.45) is 0 Å². The normalized spacial score (nSPS) is 10.1. The van der Waals surface area contributed by atoms with Crippen LogP contribution in [0.15, 0.2) is 95.4 Å². The van der Waals surface area contributed by atoms with E-state index in [4.69, 9.17) is 0 Å². The Balaban J connectivity index is 1.57. The van der Waals surface area contributed by atoms with Gasteiger partial charge in [-0.05, 0) is 48.5 Å². The predicted octanol–water partition coefficient (Wildman–Crippen LogP) is 4.11. The summed E-state index contributed by atoms with van der Waals surface area (Å²) >= 11 is 1.46. The van der Waals surface area contributed by atoms with Crippen LogP contribution in [0.4, 0.5) is 10.5 Å². The van der Waals surface area contributed by atoms with E-state index in [-0.39, 0.29) is 5.91 Å². The molecular weight excluding hydrogens is 412 g/mol. The third-order valence-electron chi connectivity index (χ3n) is 3.98. The third-order valence-corrected chi connectivity index (χ3v) is 4.98. The number of carbonyl (C=O) groups is 3. The molecule has 0 aliphatic rings. The lowest BCUT2D eigenvalue weighted by Crippen LogP contribution is -2.34. The molecule has 1 heterocycles. The highest BCUT2D eigenvalue weighted by Crippen LogP contribution is 2.28. The first-order valence-corrected chi connectivity index (χ1v) is 10.2. The van der Waals surface area contributed by atoms with E-state index in [0.717, 1.165) is 9.79 Å². The second-order valence-corrected chi connectivity index (χ2v) is 7.42. The molecule has 0 spiro atoms. The number of carbonyl (C=O) groups excluding carboxylic acids is 3. The zero-order chi connectivity index (χ0) is 22.1. The van der Waals surface area contributed by atoms with Gasteiger partial charge >= 0.3 is 6.03 Å². The molecule has 0 aliphatic heterocycles. The molecule has 3 aromatic rings. The van der Waals surface area contributed by atoms with Crippen molar-refractivity contribution >= 4 is 35.3 Å². The molecule has 156 valence electrons. The zero-order valence-electron chi connectivity index (χ0n) is 16.5. The van der Waals surface area contributed by atoms with E-state index in [9.17, 15) is 14.4 Å². The lowest BCUT2D eigenvalue weighted by atomic mass is 10.2. The van der Waals surface area contributed by atoms with Crippen molar-refractivity contribution in [3.63, 3.8) is 0 Å². The summed E-state index contributed by atoms with van der Waals surface area (Å²) in [6, 6.07) is 18.5. The molecule has 0 saturated carbocycles. The molecule has 0 aliphatic carbocycles. The number of imide groups is 1. The Kier molecular flexibility index (Phi) is 7.56. The number of nitrogens with zero attached hydrogens (tertiary/aromatic N) is 1. The number of urea groups is 1. The van der Waals surface area contributed by atoms with E-state index in [1.807, 2.05) is 18.2 Å². The number of pyridine rings is 1. The minimum Gasteiger partial charge on any atom is -0.347 e. The molecule has 8 heteroatoms. The first-order valence-electron chi connectivity index (χ1n) is 9.35. The maximum atomic E-state index is 12.0. The van der Waals surface area contributed by atoms with Gasteiger partial charge in [0.2, 0.25) is 0 Å². The SMILES string of the molecule is C=CCNC(=O)c1cc(Sc2ccc(NC(=O)NC(=O)c3ccccc3)cc2)ccn1. The number of nitrogens with one attached hydrogen (secondary N) is 3. The average Bonchev–Trinajstić information content (AvgIpc) is 2.79. The molecule has 4 amide bonds. The van der Waals surface area contributed by atoms with Crippen LogP contribution in [-0.2, 0) is 0 Å². The largest absolute Gasteiger partial charge is 0.347 e. The Labute approximate surface area is 184 Å². The maximum Gasteiger partial charge on any atom is 0.326 e. The summed E-state index contributed by atoms with van der Waals surface area (Å²) in [6.45, 7) is 3.94. The molecule has 0 bridgehead atoms. The van der Waals surface area contributed by atoms with Crippen LogP contribution >= 0.6 is 11.8 Å². The van der Waals surface area contributed by atoms with Gasteiger partial charge in [0, 0.05) is 33.8 Å². The van der Waals surface area contributed by atoms with E-state index >= 15 is 0 Å². The van der Waals surface area contributed by atoms with E-state index in [1.165, 1.54) is 11.8 Å². The summed E-state index contributed by atoms with van der Waals surface area (Å²) in [5, 5.41) is 7.60. The number of amides is 4. The number of aromatic nitrogens is 1. The van der Waals surface area contributed by atoms with Crippen molar-refractivity contribution in [2.45, 2.75) is 9.79 Å². The Hall–Kier alpha value is -3.91. The third kappa shape index (κ3) is 6.55. The van der Waals surface area contributed by atoms with Crippen LogP contribution in [-0.4, -0.2) is 29.4 Å². The highest BCUT2D eigenvalue weighted by molar-refractivity contribution is 7.99. The van der Waals surface area contributed by atoms with E-state index < -0.39 is 11.9 Å². The van der Waals surface area contributed by atoms with Crippen LogP contribution in [0.5, 0.6) is 0 Å². The maximum absolute atomic E-state index is 12.0. The van der Waals surface area contributed by atoms with Crippen LogP contribution in [0.1, 0.15) is 20.8 Å². The first kappa shape index (κ1) is 21.8. The number of benzene rings is 2. The Morgan fingerprint density at radius 1 is 0.935 bits per heavy atom. The molecule has 31 heavy (non-hydrogen) atoms. The summed E-state index contributed by atoms with van der Waals surface area (Å²) in [5.74, 6) is -0.742. The lowest BCUT2D eigenvalue weighted by molar-refractivity contribution is 0.0948. The number of rotatable bonds is 7. The molecule has 0 atom stereocenters. The van der Waals surface area contributed by atoms with E-state index in [1.54, 1.807) is 60.8 Å². The molecule has 1 aromatic heterocycles. The molecule has 0 saturated heterocycles. The van der Waals surface area contributed by atoms with Gasteiger partial charge in [-0.25, -0.2) is 4.79 Å². The number of anilines is 1. The molecule has 0 radical (unpaired) electrons. The van der Waals surface area contributed by atoms with Gasteiger partial charge in [-0.1, -0.05) is 36.0 Å². The fraction of sp³-hybridized carbons (Fsp3) is 0.0435. The van der Waals surface area contributed by atoms with Gasteiger partial charge in [-0.2, -0.15) is 0 Å². The monoisotopic (exact) mass is 432 g/mol. The van der Waals surface area contributed by atoms with Gasteiger partial charge in [0.15, 0.2) is 0 Å². The second kappa shape index (κ2) is 10.7. The lowest BCUT2D eigenvalue weighted by Gasteiger charge is -2.08. The number of hydrogen-bond acceptors (Lipinski definition) is 5. The molecular formula is C23H20N4O3S. The Morgan fingerprint density at radius 3 is 2.39 bits per heavy atom.